The molecule has 0 bridgehead atoms. The molecule has 0 fully saturated rings. The van der Waals surface area contributed by atoms with Gasteiger partial charge in [0.25, 0.3) is 5.91 Å². The summed E-state index contributed by atoms with van der Waals surface area (Å²) in [5.41, 5.74) is -1.17. The van der Waals surface area contributed by atoms with Gasteiger partial charge in [0.1, 0.15) is 5.54 Å². The van der Waals surface area contributed by atoms with Crippen molar-refractivity contribution >= 4 is 23.4 Å². The molecule has 0 atom stereocenters. The van der Waals surface area contributed by atoms with E-state index >= 15 is 0 Å². The summed E-state index contributed by atoms with van der Waals surface area (Å²) in [7, 11) is 0. The first-order chi connectivity index (χ1) is 9.96. The number of aliphatic hydroxyl groups is 3. The van der Waals surface area contributed by atoms with Gasteiger partial charge in [-0.2, -0.15) is 0 Å². The molecule has 0 heterocycles. The Labute approximate surface area is 126 Å². The van der Waals surface area contributed by atoms with Gasteiger partial charge in [0.15, 0.2) is 0 Å². The van der Waals surface area contributed by atoms with E-state index in [4.69, 9.17) is 26.9 Å². The average Bonchev–Trinajstić information content (AvgIpc) is 2.51. The maximum atomic E-state index is 11.8. The summed E-state index contributed by atoms with van der Waals surface area (Å²) in [6.45, 7) is -2.24. The van der Waals surface area contributed by atoms with Crippen LogP contribution in [-0.2, 0) is 4.79 Å². The van der Waals surface area contributed by atoms with E-state index in [0.717, 1.165) is 0 Å². The van der Waals surface area contributed by atoms with Crippen LogP contribution in [0.4, 0.5) is 0 Å². The van der Waals surface area contributed by atoms with E-state index in [1.54, 1.807) is 12.1 Å². The lowest BCUT2D eigenvalue weighted by atomic mass is 10.0. The standard InChI is InChI=1S/C13H17ClN2O5/c14-10-3-1-9(2-4-10)12(21)15-5-11(20)16-13(6-17,7-18)8-19/h1-4,17-19H,5-8H2,(H,15,21)(H,16,20). The average molecular weight is 317 g/mol. The van der Waals surface area contributed by atoms with Crippen molar-refractivity contribution in [1.29, 1.82) is 0 Å². The van der Waals surface area contributed by atoms with Crippen LogP contribution < -0.4 is 10.6 Å². The smallest absolute Gasteiger partial charge is 0.251 e. The van der Waals surface area contributed by atoms with Gasteiger partial charge >= 0.3 is 0 Å². The van der Waals surface area contributed by atoms with E-state index in [9.17, 15) is 9.59 Å². The summed E-state index contributed by atoms with van der Waals surface area (Å²) < 4.78 is 0. The van der Waals surface area contributed by atoms with Crippen molar-refractivity contribution < 1.29 is 24.9 Å². The summed E-state index contributed by atoms with van der Waals surface area (Å²) in [6, 6.07) is 6.11. The van der Waals surface area contributed by atoms with Crippen molar-refractivity contribution in [2.75, 3.05) is 26.4 Å². The van der Waals surface area contributed by atoms with Gasteiger partial charge in [0.2, 0.25) is 5.91 Å². The highest BCUT2D eigenvalue weighted by molar-refractivity contribution is 6.30. The largest absolute Gasteiger partial charge is 0.394 e. The first-order valence-electron chi connectivity index (χ1n) is 6.14. The zero-order valence-electron chi connectivity index (χ0n) is 11.2. The maximum absolute atomic E-state index is 11.8. The first-order valence-corrected chi connectivity index (χ1v) is 6.51. The summed E-state index contributed by atoms with van der Waals surface area (Å²) >= 11 is 5.70. The number of carbonyl (C=O) groups is 2. The van der Waals surface area contributed by atoms with Crippen LogP contribution in [0.2, 0.25) is 5.02 Å². The lowest BCUT2D eigenvalue weighted by Crippen LogP contribution is -2.58. The zero-order chi connectivity index (χ0) is 15.9. The van der Waals surface area contributed by atoms with Crippen LogP contribution in [-0.4, -0.2) is 59.0 Å². The molecule has 0 aliphatic rings. The number of carbonyl (C=O) groups excluding carboxylic acids is 2. The molecule has 0 aliphatic heterocycles. The molecule has 0 saturated heterocycles. The third-order valence-corrected chi connectivity index (χ3v) is 3.08. The molecule has 0 aromatic heterocycles. The van der Waals surface area contributed by atoms with Crippen LogP contribution in [0.3, 0.4) is 0 Å². The summed E-state index contributed by atoms with van der Waals surface area (Å²) in [5.74, 6) is -1.11. The van der Waals surface area contributed by atoms with E-state index in [1.807, 2.05) is 0 Å². The Morgan fingerprint density at radius 3 is 2.05 bits per heavy atom. The molecule has 1 aromatic rings. The molecule has 8 heteroatoms. The molecule has 7 nitrogen and oxygen atoms in total. The molecule has 0 unspecified atom stereocenters. The second-order valence-electron chi connectivity index (χ2n) is 4.49. The molecule has 21 heavy (non-hydrogen) atoms. The second-order valence-corrected chi connectivity index (χ2v) is 4.93. The van der Waals surface area contributed by atoms with Gasteiger partial charge in [-0.3, -0.25) is 9.59 Å². The third-order valence-electron chi connectivity index (χ3n) is 2.83. The Kier molecular flexibility index (Phi) is 6.57. The van der Waals surface area contributed by atoms with Crippen LogP contribution in [0.15, 0.2) is 24.3 Å². The fourth-order valence-electron chi connectivity index (χ4n) is 1.47. The molecule has 0 saturated carbocycles. The highest BCUT2D eigenvalue weighted by atomic mass is 35.5. The lowest BCUT2D eigenvalue weighted by molar-refractivity contribution is -0.124. The van der Waals surface area contributed by atoms with Gasteiger partial charge in [0, 0.05) is 10.6 Å². The molecule has 0 aliphatic carbocycles. The summed E-state index contributed by atoms with van der Waals surface area (Å²) in [4.78, 5) is 23.4. The van der Waals surface area contributed by atoms with Gasteiger partial charge in [-0.1, -0.05) is 11.6 Å². The molecule has 5 N–H and O–H groups in total. The predicted molar refractivity (Wildman–Crippen MR) is 75.9 cm³/mol. The summed E-state index contributed by atoms with van der Waals surface area (Å²) in [6.07, 6.45) is 0. The van der Waals surface area contributed by atoms with Crippen molar-refractivity contribution in [3.05, 3.63) is 34.9 Å². The van der Waals surface area contributed by atoms with Gasteiger partial charge in [-0.05, 0) is 24.3 Å². The fraction of sp³-hybridized carbons (Fsp3) is 0.385. The highest BCUT2D eigenvalue weighted by Gasteiger charge is 2.29. The topological polar surface area (TPSA) is 119 Å². The quantitative estimate of drug-likeness (QED) is 0.437. The number of rotatable bonds is 7. The number of benzene rings is 1. The number of halogens is 1. The monoisotopic (exact) mass is 316 g/mol. The van der Waals surface area contributed by atoms with E-state index in [-0.39, 0.29) is 6.54 Å². The maximum Gasteiger partial charge on any atom is 0.251 e. The van der Waals surface area contributed by atoms with Crippen LogP contribution in [0.5, 0.6) is 0 Å². The van der Waals surface area contributed by atoms with Crippen LogP contribution in [0.25, 0.3) is 0 Å². The van der Waals surface area contributed by atoms with Crippen molar-refractivity contribution in [2.45, 2.75) is 5.54 Å². The number of hydrogen-bond donors (Lipinski definition) is 5. The molecular weight excluding hydrogens is 300 g/mol. The molecule has 1 aromatic carbocycles. The Bertz CT molecular complexity index is 480. The van der Waals surface area contributed by atoms with E-state index in [2.05, 4.69) is 10.6 Å². The minimum absolute atomic E-state index is 0.338. The van der Waals surface area contributed by atoms with E-state index in [0.29, 0.717) is 10.6 Å². The number of amides is 2. The van der Waals surface area contributed by atoms with Gasteiger partial charge in [-0.25, -0.2) is 0 Å². The normalized spacial score (nSPS) is 11.0. The predicted octanol–water partition coefficient (Wildman–Crippen LogP) is -1.10. The molecule has 1 rings (SSSR count). The summed E-state index contributed by atoms with van der Waals surface area (Å²) in [5, 5.41) is 32.4. The second kappa shape index (κ2) is 7.94. The van der Waals surface area contributed by atoms with Crippen molar-refractivity contribution in [3.63, 3.8) is 0 Å². The first kappa shape index (κ1) is 17.4. The molecule has 0 spiro atoms. The van der Waals surface area contributed by atoms with Crippen molar-refractivity contribution in [3.8, 4) is 0 Å². The minimum Gasteiger partial charge on any atom is -0.394 e. The molecular formula is C13H17ClN2O5. The lowest BCUT2D eigenvalue weighted by Gasteiger charge is -2.28. The Morgan fingerprint density at radius 1 is 1.05 bits per heavy atom. The minimum atomic E-state index is -1.51. The van der Waals surface area contributed by atoms with E-state index in [1.165, 1.54) is 12.1 Å². The van der Waals surface area contributed by atoms with Crippen LogP contribution in [0.1, 0.15) is 10.4 Å². The van der Waals surface area contributed by atoms with Gasteiger partial charge < -0.3 is 26.0 Å². The third kappa shape index (κ3) is 4.98. The van der Waals surface area contributed by atoms with Crippen LogP contribution in [0, 0.1) is 0 Å². The van der Waals surface area contributed by atoms with Gasteiger partial charge in [-0.15, -0.1) is 0 Å². The van der Waals surface area contributed by atoms with Crippen molar-refractivity contribution in [1.82, 2.24) is 10.6 Å². The van der Waals surface area contributed by atoms with Crippen LogP contribution >= 0.6 is 11.6 Å². The Balaban J connectivity index is 2.53. The molecule has 116 valence electrons. The Hall–Kier alpha value is -1.67. The Morgan fingerprint density at radius 2 is 1.57 bits per heavy atom. The van der Waals surface area contributed by atoms with Gasteiger partial charge in [0.05, 0.1) is 26.4 Å². The molecule has 0 radical (unpaired) electrons. The molecule has 2 amide bonds. The number of aliphatic hydroxyl groups excluding tert-OH is 3. The van der Waals surface area contributed by atoms with E-state index < -0.39 is 37.2 Å². The van der Waals surface area contributed by atoms with Crippen molar-refractivity contribution in [2.24, 2.45) is 0 Å². The number of hydrogen-bond acceptors (Lipinski definition) is 5. The highest BCUT2D eigenvalue weighted by Crippen LogP contribution is 2.09. The number of nitrogens with one attached hydrogen (secondary N) is 2. The zero-order valence-corrected chi connectivity index (χ0v) is 11.9. The SMILES string of the molecule is O=C(CNC(=O)c1ccc(Cl)cc1)NC(CO)(CO)CO. The fourth-order valence-corrected chi connectivity index (χ4v) is 1.60.